The average molecular weight is 173 g/mol. The van der Waals surface area contributed by atoms with Crippen LogP contribution in [0.15, 0.2) is 17.2 Å². The number of hydrogen-bond acceptors (Lipinski definition) is 2. The number of nitrogens with zero attached hydrogens (tertiary/aromatic N) is 2. The van der Waals surface area contributed by atoms with Gasteiger partial charge in [0.1, 0.15) is 0 Å². The molecule has 0 atom stereocenters. The van der Waals surface area contributed by atoms with Crippen molar-refractivity contribution in [1.82, 2.24) is 9.55 Å². The Morgan fingerprint density at radius 2 is 2.27 bits per heavy atom. The predicted molar refractivity (Wildman–Crippen MR) is 43.9 cm³/mol. The molecule has 3 nitrogen and oxygen atoms in total. The summed E-state index contributed by atoms with van der Waals surface area (Å²) in [6.45, 7) is 3.80. The Bertz CT molecular complexity index is 306. The molecule has 11 heavy (non-hydrogen) atoms. The van der Waals surface area contributed by atoms with Crippen molar-refractivity contribution >= 4 is 11.6 Å². The van der Waals surface area contributed by atoms with E-state index in [1.165, 1.54) is 10.8 Å². The molecule has 0 amide bonds. The van der Waals surface area contributed by atoms with Crippen LogP contribution in [0.25, 0.3) is 0 Å². The van der Waals surface area contributed by atoms with E-state index < -0.39 is 0 Å². The van der Waals surface area contributed by atoms with Crippen molar-refractivity contribution in [2.45, 2.75) is 19.9 Å². The number of aromatic nitrogens is 2. The lowest BCUT2D eigenvalue weighted by atomic mass is 10.4. The molecule has 0 aromatic carbocycles. The second-order valence-corrected chi connectivity index (χ2v) is 2.99. The van der Waals surface area contributed by atoms with Gasteiger partial charge in [-0.2, -0.15) is 0 Å². The molecular weight excluding hydrogens is 164 g/mol. The Morgan fingerprint density at radius 3 is 2.73 bits per heavy atom. The number of rotatable bonds is 1. The lowest BCUT2D eigenvalue weighted by Gasteiger charge is -2.07. The SMILES string of the molecule is CC(C)n1cc(Cl)cnc1=O. The zero-order valence-corrected chi connectivity index (χ0v) is 7.17. The molecule has 0 aliphatic heterocycles. The van der Waals surface area contributed by atoms with E-state index in [-0.39, 0.29) is 11.7 Å². The minimum Gasteiger partial charge on any atom is -0.295 e. The van der Waals surface area contributed by atoms with Crippen LogP contribution in [0.5, 0.6) is 0 Å². The number of halogens is 1. The molecule has 4 heteroatoms. The van der Waals surface area contributed by atoms with Crippen LogP contribution in [0, 0.1) is 0 Å². The van der Waals surface area contributed by atoms with E-state index in [4.69, 9.17) is 11.6 Å². The van der Waals surface area contributed by atoms with Crippen LogP contribution >= 0.6 is 11.6 Å². The molecule has 0 aliphatic carbocycles. The summed E-state index contributed by atoms with van der Waals surface area (Å²) in [4.78, 5) is 14.6. The maximum Gasteiger partial charge on any atom is 0.347 e. The van der Waals surface area contributed by atoms with Crippen molar-refractivity contribution in [1.29, 1.82) is 0 Å². The fourth-order valence-corrected chi connectivity index (χ4v) is 0.929. The zero-order chi connectivity index (χ0) is 8.43. The van der Waals surface area contributed by atoms with E-state index in [0.29, 0.717) is 5.02 Å². The Labute approximate surface area is 69.6 Å². The molecule has 0 radical (unpaired) electrons. The summed E-state index contributed by atoms with van der Waals surface area (Å²) >= 11 is 5.64. The smallest absolute Gasteiger partial charge is 0.295 e. The Hall–Kier alpha value is -0.830. The van der Waals surface area contributed by atoms with Gasteiger partial charge in [-0.25, -0.2) is 9.78 Å². The molecule has 0 N–H and O–H groups in total. The monoisotopic (exact) mass is 172 g/mol. The highest BCUT2D eigenvalue weighted by Gasteiger charge is 2.00. The fourth-order valence-electron chi connectivity index (χ4n) is 0.775. The predicted octanol–water partition coefficient (Wildman–Crippen LogP) is 1.48. The molecule has 1 rings (SSSR count). The van der Waals surface area contributed by atoms with E-state index in [9.17, 15) is 4.79 Å². The van der Waals surface area contributed by atoms with Crippen LogP contribution in [0.4, 0.5) is 0 Å². The van der Waals surface area contributed by atoms with Gasteiger partial charge in [0.15, 0.2) is 0 Å². The molecule has 1 aromatic rings. The van der Waals surface area contributed by atoms with Crippen LogP contribution in [0.2, 0.25) is 5.02 Å². The van der Waals surface area contributed by atoms with Gasteiger partial charge in [-0.1, -0.05) is 11.6 Å². The highest BCUT2D eigenvalue weighted by molar-refractivity contribution is 6.30. The van der Waals surface area contributed by atoms with Crippen LogP contribution in [0.1, 0.15) is 19.9 Å². The summed E-state index contributed by atoms with van der Waals surface area (Å²) in [6.07, 6.45) is 2.93. The molecule has 0 unspecified atom stereocenters. The molecule has 1 aromatic heterocycles. The third-order valence-corrected chi connectivity index (χ3v) is 1.53. The van der Waals surface area contributed by atoms with Crippen molar-refractivity contribution < 1.29 is 0 Å². The van der Waals surface area contributed by atoms with E-state index >= 15 is 0 Å². The standard InChI is InChI=1S/C7H9ClN2O/c1-5(2)10-4-6(8)3-9-7(10)11/h3-5H,1-2H3. The molecule has 0 spiro atoms. The molecule has 0 saturated carbocycles. The zero-order valence-electron chi connectivity index (χ0n) is 6.41. The second-order valence-electron chi connectivity index (χ2n) is 2.56. The maximum absolute atomic E-state index is 11.0. The van der Waals surface area contributed by atoms with E-state index in [1.807, 2.05) is 13.8 Å². The van der Waals surface area contributed by atoms with Gasteiger partial charge >= 0.3 is 5.69 Å². The minimum atomic E-state index is -0.260. The first-order chi connectivity index (χ1) is 5.11. The van der Waals surface area contributed by atoms with Gasteiger partial charge in [-0.3, -0.25) is 4.57 Å². The second kappa shape index (κ2) is 3.05. The Morgan fingerprint density at radius 1 is 1.64 bits per heavy atom. The first kappa shape index (κ1) is 8.27. The van der Waals surface area contributed by atoms with Crippen LogP contribution in [0.3, 0.4) is 0 Å². The normalized spacial score (nSPS) is 10.5. The van der Waals surface area contributed by atoms with Gasteiger partial charge in [0.25, 0.3) is 0 Å². The third-order valence-electron chi connectivity index (χ3n) is 1.34. The lowest BCUT2D eigenvalue weighted by Crippen LogP contribution is -2.23. The number of hydrogen-bond donors (Lipinski definition) is 0. The lowest BCUT2D eigenvalue weighted by molar-refractivity contribution is 0.564. The first-order valence-corrected chi connectivity index (χ1v) is 3.72. The molecule has 0 bridgehead atoms. The van der Waals surface area contributed by atoms with Gasteiger partial charge in [-0.05, 0) is 13.8 Å². The van der Waals surface area contributed by atoms with Crippen molar-refractivity contribution in [3.8, 4) is 0 Å². The van der Waals surface area contributed by atoms with Crippen molar-refractivity contribution in [3.05, 3.63) is 27.9 Å². The van der Waals surface area contributed by atoms with Crippen LogP contribution < -0.4 is 5.69 Å². The van der Waals surface area contributed by atoms with Gasteiger partial charge in [0.05, 0.1) is 11.2 Å². The van der Waals surface area contributed by atoms with E-state index in [2.05, 4.69) is 4.98 Å². The van der Waals surface area contributed by atoms with E-state index in [0.717, 1.165) is 0 Å². The first-order valence-electron chi connectivity index (χ1n) is 3.35. The van der Waals surface area contributed by atoms with Gasteiger partial charge in [0.2, 0.25) is 0 Å². The average Bonchev–Trinajstić information content (AvgIpc) is 1.94. The van der Waals surface area contributed by atoms with Crippen molar-refractivity contribution in [2.24, 2.45) is 0 Å². The summed E-state index contributed by atoms with van der Waals surface area (Å²) < 4.78 is 1.49. The van der Waals surface area contributed by atoms with Crippen LogP contribution in [-0.4, -0.2) is 9.55 Å². The Balaban J connectivity index is 3.24. The molecule has 60 valence electrons. The molecule has 1 heterocycles. The third kappa shape index (κ3) is 1.80. The largest absolute Gasteiger partial charge is 0.347 e. The molecule has 0 saturated heterocycles. The van der Waals surface area contributed by atoms with E-state index in [1.54, 1.807) is 6.20 Å². The van der Waals surface area contributed by atoms with Gasteiger partial charge in [0, 0.05) is 12.2 Å². The maximum atomic E-state index is 11.0. The summed E-state index contributed by atoms with van der Waals surface area (Å²) in [6, 6.07) is 0.105. The van der Waals surface area contributed by atoms with Crippen molar-refractivity contribution in [3.63, 3.8) is 0 Å². The molecular formula is C7H9ClN2O. The summed E-state index contributed by atoms with van der Waals surface area (Å²) in [5, 5.41) is 0.485. The highest BCUT2D eigenvalue weighted by atomic mass is 35.5. The topological polar surface area (TPSA) is 34.9 Å². The van der Waals surface area contributed by atoms with Crippen molar-refractivity contribution in [2.75, 3.05) is 0 Å². The molecule has 0 fully saturated rings. The minimum absolute atomic E-state index is 0.105. The quantitative estimate of drug-likeness (QED) is 0.643. The fraction of sp³-hybridized carbons (Fsp3) is 0.429. The highest BCUT2D eigenvalue weighted by Crippen LogP contribution is 2.05. The Kier molecular flexibility index (Phi) is 2.29. The van der Waals surface area contributed by atoms with Crippen LogP contribution in [-0.2, 0) is 0 Å². The molecule has 0 aliphatic rings. The summed E-state index contributed by atoms with van der Waals surface area (Å²) in [7, 11) is 0. The van der Waals surface area contributed by atoms with Gasteiger partial charge in [-0.15, -0.1) is 0 Å². The summed E-state index contributed by atoms with van der Waals surface area (Å²) in [5.74, 6) is 0. The summed E-state index contributed by atoms with van der Waals surface area (Å²) in [5.41, 5.74) is -0.260. The van der Waals surface area contributed by atoms with Gasteiger partial charge < -0.3 is 0 Å².